The Balaban J connectivity index is 1.04. The fourth-order valence-corrected chi connectivity index (χ4v) is 7.18. The smallest absolute Gasteiger partial charge is 0.316 e. The van der Waals surface area contributed by atoms with Crippen LogP contribution in [0.4, 0.5) is 11.4 Å². The number of nitrogens with zero attached hydrogens (tertiary/aromatic N) is 2. The van der Waals surface area contributed by atoms with Crippen molar-refractivity contribution in [2.75, 3.05) is 16.3 Å². The van der Waals surface area contributed by atoms with Crippen molar-refractivity contribution in [3.8, 4) is 5.75 Å². The summed E-state index contributed by atoms with van der Waals surface area (Å²) in [6.45, 7) is 4.20. The minimum absolute atomic E-state index is 0.0976. The van der Waals surface area contributed by atoms with Gasteiger partial charge in [-0.3, -0.25) is 24.1 Å². The number of ether oxygens (including phenoxy) is 1. The second-order valence-electron chi connectivity index (χ2n) is 11.3. The van der Waals surface area contributed by atoms with E-state index in [9.17, 15) is 19.2 Å². The highest BCUT2D eigenvalue weighted by Gasteiger charge is 2.67. The number of esters is 1. The van der Waals surface area contributed by atoms with Gasteiger partial charge in [0.1, 0.15) is 5.75 Å². The Bertz CT molecular complexity index is 1360. The summed E-state index contributed by atoms with van der Waals surface area (Å²) >= 11 is 0. The van der Waals surface area contributed by atoms with Crippen LogP contribution in [0.2, 0.25) is 0 Å². The first kappa shape index (κ1) is 22.5. The Morgan fingerprint density at radius 2 is 1.54 bits per heavy atom. The first-order chi connectivity index (χ1) is 17.8. The van der Waals surface area contributed by atoms with Gasteiger partial charge in [0.15, 0.2) is 0 Å². The topological polar surface area (TPSA) is 84.0 Å². The van der Waals surface area contributed by atoms with Crippen LogP contribution in [0.1, 0.15) is 24.0 Å². The number of benzene rings is 2. The average Bonchev–Trinajstić information content (AvgIpc) is 3.57. The lowest BCUT2D eigenvalue weighted by atomic mass is 9.63. The van der Waals surface area contributed by atoms with Crippen molar-refractivity contribution in [2.24, 2.45) is 41.4 Å². The van der Waals surface area contributed by atoms with Crippen LogP contribution in [-0.2, 0) is 19.2 Å². The molecule has 0 aromatic heterocycles. The number of anilines is 2. The van der Waals surface area contributed by atoms with Gasteiger partial charge in [0.25, 0.3) is 0 Å². The average molecular weight is 497 g/mol. The number of rotatable bonds is 4. The van der Waals surface area contributed by atoms with E-state index < -0.39 is 11.9 Å². The number of hydrogen-bond acceptors (Lipinski definition) is 5. The molecule has 4 aliphatic carbocycles. The van der Waals surface area contributed by atoms with E-state index >= 15 is 0 Å². The summed E-state index contributed by atoms with van der Waals surface area (Å²) in [5, 5.41) is 0. The van der Waals surface area contributed by atoms with Gasteiger partial charge in [-0.05, 0) is 85.4 Å². The quantitative estimate of drug-likeness (QED) is 0.278. The molecular formula is C30H28N2O5. The van der Waals surface area contributed by atoms with Crippen molar-refractivity contribution in [3.05, 3.63) is 65.7 Å². The minimum Gasteiger partial charge on any atom is -0.426 e. The third kappa shape index (κ3) is 3.32. The Morgan fingerprint density at radius 1 is 0.892 bits per heavy atom. The van der Waals surface area contributed by atoms with Crippen LogP contribution in [0.5, 0.6) is 5.75 Å². The van der Waals surface area contributed by atoms with Gasteiger partial charge in [-0.25, -0.2) is 0 Å². The van der Waals surface area contributed by atoms with Crippen molar-refractivity contribution < 1.29 is 23.9 Å². The zero-order valence-electron chi connectivity index (χ0n) is 20.8. The number of amides is 3. The lowest BCUT2D eigenvalue weighted by Crippen LogP contribution is -2.40. The lowest BCUT2D eigenvalue weighted by molar-refractivity contribution is -0.139. The van der Waals surface area contributed by atoms with E-state index in [0.717, 1.165) is 23.2 Å². The van der Waals surface area contributed by atoms with Gasteiger partial charge < -0.3 is 9.64 Å². The van der Waals surface area contributed by atoms with Gasteiger partial charge in [0.05, 0.1) is 23.4 Å². The summed E-state index contributed by atoms with van der Waals surface area (Å²) in [6.07, 6.45) is 5.55. The summed E-state index contributed by atoms with van der Waals surface area (Å²) in [6, 6.07) is 12.5. The number of allylic oxidation sites excluding steroid dienone is 2. The molecule has 4 fully saturated rings. The van der Waals surface area contributed by atoms with Crippen molar-refractivity contribution in [2.45, 2.75) is 26.7 Å². The predicted molar refractivity (Wildman–Crippen MR) is 136 cm³/mol. The summed E-state index contributed by atoms with van der Waals surface area (Å²) in [5.74, 6) is -0.0380. The molecule has 37 heavy (non-hydrogen) atoms. The van der Waals surface area contributed by atoms with Crippen LogP contribution in [0.15, 0.2) is 54.6 Å². The summed E-state index contributed by atoms with van der Waals surface area (Å²) in [4.78, 5) is 55.2. The largest absolute Gasteiger partial charge is 0.426 e. The molecule has 2 bridgehead atoms. The third-order valence-electron chi connectivity index (χ3n) is 9.09. The Morgan fingerprint density at radius 3 is 2.19 bits per heavy atom. The van der Waals surface area contributed by atoms with Crippen molar-refractivity contribution >= 4 is 35.1 Å². The molecule has 3 amide bonds. The Labute approximate surface area is 215 Å². The molecule has 7 nitrogen and oxygen atoms in total. The van der Waals surface area contributed by atoms with Crippen molar-refractivity contribution in [3.63, 3.8) is 0 Å². The summed E-state index contributed by atoms with van der Waals surface area (Å²) < 4.78 is 5.60. The molecule has 7 heteroatoms. The van der Waals surface area contributed by atoms with Crippen molar-refractivity contribution in [1.29, 1.82) is 0 Å². The van der Waals surface area contributed by atoms with E-state index in [1.165, 1.54) is 4.90 Å². The summed E-state index contributed by atoms with van der Waals surface area (Å²) in [7, 11) is 0. The molecule has 2 aromatic carbocycles. The van der Waals surface area contributed by atoms with Crippen LogP contribution < -0.4 is 14.5 Å². The SMILES string of the molecule is Cc1ccc(C)c(N2C[C@H](C(=O)Oc3ccc(N4C(=O)[C@@H]5[C@H]6C=C[C@@H]([C@@H]7C[C@@H]67)[C@H]5C4=O)cc3)CC2=O)c1. The van der Waals surface area contributed by atoms with E-state index in [1.54, 1.807) is 29.2 Å². The second-order valence-corrected chi connectivity index (χ2v) is 11.3. The maximum Gasteiger partial charge on any atom is 0.316 e. The van der Waals surface area contributed by atoms with Crippen LogP contribution in [0, 0.1) is 55.3 Å². The van der Waals surface area contributed by atoms with E-state index in [2.05, 4.69) is 12.2 Å². The molecule has 0 radical (unpaired) electrons. The van der Waals surface area contributed by atoms with E-state index in [0.29, 0.717) is 23.3 Å². The number of carbonyl (C=O) groups is 4. The number of hydrogen-bond donors (Lipinski definition) is 0. The number of aryl methyl sites for hydroxylation is 2. The van der Waals surface area contributed by atoms with E-state index in [1.807, 2.05) is 32.0 Å². The van der Waals surface area contributed by atoms with Crippen molar-refractivity contribution in [1.82, 2.24) is 0 Å². The highest BCUT2D eigenvalue weighted by atomic mass is 16.5. The molecule has 7 atom stereocenters. The minimum atomic E-state index is -0.564. The molecule has 8 rings (SSSR count). The molecule has 0 N–H and O–H groups in total. The molecular weight excluding hydrogens is 468 g/mol. The first-order valence-electron chi connectivity index (χ1n) is 13.1. The predicted octanol–water partition coefficient (Wildman–Crippen LogP) is 3.82. The van der Waals surface area contributed by atoms with Gasteiger partial charge >= 0.3 is 5.97 Å². The van der Waals surface area contributed by atoms with Gasteiger partial charge in [-0.1, -0.05) is 24.3 Å². The van der Waals surface area contributed by atoms with Crippen LogP contribution in [0.25, 0.3) is 0 Å². The van der Waals surface area contributed by atoms with E-state index in [4.69, 9.17) is 4.74 Å². The molecule has 2 saturated heterocycles. The number of carbonyl (C=O) groups excluding carboxylic acids is 4. The molecule has 6 aliphatic rings. The number of imide groups is 1. The molecule has 2 aliphatic heterocycles. The monoisotopic (exact) mass is 496 g/mol. The fraction of sp³-hybridized carbons (Fsp3) is 0.400. The first-order valence-corrected chi connectivity index (χ1v) is 13.1. The van der Waals surface area contributed by atoms with Gasteiger partial charge in [-0.15, -0.1) is 0 Å². The maximum absolute atomic E-state index is 13.3. The van der Waals surface area contributed by atoms with Crippen LogP contribution in [-0.4, -0.2) is 30.2 Å². The Kier molecular flexibility index (Phi) is 4.78. The molecule has 0 spiro atoms. The van der Waals surface area contributed by atoms with Gasteiger partial charge in [0.2, 0.25) is 17.7 Å². The second kappa shape index (κ2) is 7.88. The van der Waals surface area contributed by atoms with Crippen LogP contribution in [0.3, 0.4) is 0 Å². The van der Waals surface area contributed by atoms with Gasteiger partial charge in [-0.2, -0.15) is 0 Å². The molecule has 2 heterocycles. The van der Waals surface area contributed by atoms with Crippen LogP contribution >= 0.6 is 0 Å². The fourth-order valence-electron chi connectivity index (χ4n) is 7.18. The Hall–Kier alpha value is -3.74. The molecule has 0 unspecified atom stereocenters. The normalized spacial score (nSPS) is 33.1. The molecule has 2 aromatic rings. The standard InChI is InChI=1S/C30H28N2O5/c1-15-3-4-16(2)24(11-15)31-14-17(12-25(31)33)30(36)37-19-7-5-18(6-8-19)32-28(34)26-20-9-10-21(23-13-22(20)23)27(26)29(32)35/h3-11,17,20-23,26-27H,12-14H2,1-2H3/t17-,20+,21+,22+,23+,26-,27-/m1/s1. The maximum atomic E-state index is 13.3. The zero-order valence-corrected chi connectivity index (χ0v) is 20.8. The third-order valence-corrected chi connectivity index (χ3v) is 9.09. The van der Waals surface area contributed by atoms with Gasteiger partial charge in [0, 0.05) is 18.7 Å². The zero-order chi connectivity index (χ0) is 25.6. The molecule has 2 saturated carbocycles. The highest BCUT2D eigenvalue weighted by molar-refractivity contribution is 6.22. The molecule has 188 valence electrons. The lowest BCUT2D eigenvalue weighted by Gasteiger charge is -2.37. The van der Waals surface area contributed by atoms with E-state index in [-0.39, 0.29) is 54.4 Å². The summed E-state index contributed by atoms with van der Waals surface area (Å²) in [5.41, 5.74) is 3.37. The highest BCUT2D eigenvalue weighted by Crippen LogP contribution is 2.65.